The molecular formula is C26H36ClNO5S2. The van der Waals surface area contributed by atoms with Crippen molar-refractivity contribution in [1.82, 2.24) is 4.98 Å². The van der Waals surface area contributed by atoms with E-state index < -0.39 is 12.1 Å². The largest absolute Gasteiger partial charge is 0.493 e. The van der Waals surface area contributed by atoms with Crippen molar-refractivity contribution in [2.75, 3.05) is 19.0 Å². The molecule has 0 saturated heterocycles. The molecule has 35 heavy (non-hydrogen) atoms. The van der Waals surface area contributed by atoms with Crippen LogP contribution in [0.25, 0.3) is 0 Å². The first-order valence-electron chi connectivity index (χ1n) is 12.4. The standard InChI is InChI=1S/C26H36ClNO5S2/c1-3-5-12-32-23-14-18(11-13-34-26-28-21(16-35-26)25(30)31)20(24(23)27)15-33-19-9-7-17(8-10-19)22(29)6-4-2/h7-10,16,18,20,22-24,29H,3-6,11-15H2,1-2H3,(H,30,31)/t18-,20+,22?,23?,24?/m0/s1. The van der Waals surface area contributed by atoms with E-state index in [1.807, 2.05) is 24.3 Å². The number of rotatable bonds is 15. The Hall–Kier alpha value is -1.32. The number of thiazole rings is 1. The zero-order valence-electron chi connectivity index (χ0n) is 20.4. The Bertz CT molecular complexity index is 909. The number of carboxylic acid groups (broad SMARTS) is 1. The average molecular weight is 542 g/mol. The Morgan fingerprint density at radius 3 is 2.71 bits per heavy atom. The molecule has 1 fully saturated rings. The summed E-state index contributed by atoms with van der Waals surface area (Å²) in [5, 5.41) is 20.7. The molecule has 1 heterocycles. The van der Waals surface area contributed by atoms with Gasteiger partial charge in [-0.1, -0.05) is 50.6 Å². The maximum Gasteiger partial charge on any atom is 0.355 e. The zero-order chi connectivity index (χ0) is 25.2. The van der Waals surface area contributed by atoms with Crippen LogP contribution in [0.1, 0.15) is 74.5 Å². The number of benzene rings is 1. The maximum atomic E-state index is 11.1. The monoisotopic (exact) mass is 541 g/mol. The highest BCUT2D eigenvalue weighted by molar-refractivity contribution is 8.01. The summed E-state index contributed by atoms with van der Waals surface area (Å²) in [4.78, 5) is 15.2. The molecule has 1 aromatic carbocycles. The van der Waals surface area contributed by atoms with Gasteiger partial charge in [0.1, 0.15) is 5.75 Å². The number of hydrogen-bond acceptors (Lipinski definition) is 7. The number of aliphatic hydroxyl groups is 1. The van der Waals surface area contributed by atoms with E-state index in [9.17, 15) is 9.90 Å². The van der Waals surface area contributed by atoms with Crippen LogP contribution in [0.5, 0.6) is 5.75 Å². The average Bonchev–Trinajstić information content (AvgIpc) is 3.44. The first-order valence-corrected chi connectivity index (χ1v) is 14.7. The van der Waals surface area contributed by atoms with E-state index in [4.69, 9.17) is 26.2 Å². The molecule has 1 aliphatic carbocycles. The van der Waals surface area contributed by atoms with Crippen LogP contribution >= 0.6 is 34.7 Å². The molecule has 3 rings (SSSR count). The third-order valence-corrected chi connectivity index (χ3v) is 9.08. The fraction of sp³-hybridized carbons (Fsp3) is 0.615. The molecule has 6 nitrogen and oxygen atoms in total. The van der Waals surface area contributed by atoms with Gasteiger partial charge in [-0.3, -0.25) is 0 Å². The van der Waals surface area contributed by atoms with Gasteiger partial charge in [0.15, 0.2) is 10.0 Å². The number of aliphatic hydroxyl groups excluding tert-OH is 1. The minimum absolute atomic E-state index is 0.0110. The Morgan fingerprint density at radius 1 is 1.29 bits per heavy atom. The van der Waals surface area contributed by atoms with Crippen LogP contribution in [0.2, 0.25) is 0 Å². The number of unbranched alkanes of at least 4 members (excludes halogenated alkanes) is 1. The molecule has 1 aliphatic rings. The van der Waals surface area contributed by atoms with Crippen LogP contribution in [0, 0.1) is 11.8 Å². The van der Waals surface area contributed by atoms with Crippen molar-refractivity contribution in [3.8, 4) is 5.75 Å². The Balaban J connectivity index is 1.58. The van der Waals surface area contributed by atoms with Gasteiger partial charge in [-0.05, 0) is 49.3 Å². The van der Waals surface area contributed by atoms with Gasteiger partial charge in [-0.2, -0.15) is 0 Å². The highest BCUT2D eigenvalue weighted by Crippen LogP contribution is 2.41. The molecule has 0 amide bonds. The summed E-state index contributed by atoms with van der Waals surface area (Å²) in [6.45, 7) is 5.43. The number of nitrogens with zero attached hydrogens (tertiary/aromatic N) is 1. The number of hydrogen-bond donors (Lipinski definition) is 2. The van der Waals surface area contributed by atoms with E-state index in [1.54, 1.807) is 17.1 Å². The van der Waals surface area contributed by atoms with E-state index in [-0.39, 0.29) is 23.1 Å². The van der Waals surface area contributed by atoms with Crippen LogP contribution < -0.4 is 4.74 Å². The predicted octanol–water partition coefficient (Wildman–Crippen LogP) is 6.66. The molecule has 194 valence electrons. The lowest BCUT2D eigenvalue weighted by Gasteiger charge is -2.22. The van der Waals surface area contributed by atoms with Crippen LogP contribution in [0.3, 0.4) is 0 Å². The number of thioether (sulfide) groups is 1. The van der Waals surface area contributed by atoms with Crippen LogP contribution in [-0.4, -0.2) is 51.6 Å². The number of halogens is 1. The molecular weight excluding hydrogens is 506 g/mol. The van der Waals surface area contributed by atoms with Crippen molar-refractivity contribution >= 4 is 40.7 Å². The minimum Gasteiger partial charge on any atom is -0.493 e. The normalized spacial score (nSPS) is 22.9. The van der Waals surface area contributed by atoms with Crippen LogP contribution in [-0.2, 0) is 4.74 Å². The lowest BCUT2D eigenvalue weighted by Crippen LogP contribution is -2.28. The number of alkyl halides is 1. The summed E-state index contributed by atoms with van der Waals surface area (Å²) in [5.41, 5.74) is 1.01. The molecule has 3 unspecified atom stereocenters. The van der Waals surface area contributed by atoms with Crippen molar-refractivity contribution in [3.63, 3.8) is 0 Å². The first-order chi connectivity index (χ1) is 16.9. The lowest BCUT2D eigenvalue weighted by molar-refractivity contribution is 0.0532. The summed E-state index contributed by atoms with van der Waals surface area (Å²) in [7, 11) is 0. The van der Waals surface area contributed by atoms with E-state index in [2.05, 4.69) is 18.8 Å². The Labute approximate surface area is 221 Å². The number of ether oxygens (including phenoxy) is 2. The van der Waals surface area contributed by atoms with E-state index in [0.29, 0.717) is 12.5 Å². The fourth-order valence-corrected chi connectivity index (χ4v) is 6.77. The van der Waals surface area contributed by atoms with Gasteiger partial charge in [0, 0.05) is 23.7 Å². The van der Waals surface area contributed by atoms with E-state index in [1.165, 1.54) is 11.3 Å². The van der Waals surface area contributed by atoms with Crippen LogP contribution in [0.4, 0.5) is 0 Å². The lowest BCUT2D eigenvalue weighted by atomic mass is 9.94. The van der Waals surface area contributed by atoms with Crippen molar-refractivity contribution < 1.29 is 24.5 Å². The highest BCUT2D eigenvalue weighted by atomic mass is 35.5. The smallest absolute Gasteiger partial charge is 0.355 e. The van der Waals surface area contributed by atoms with Gasteiger partial charge in [-0.25, -0.2) is 9.78 Å². The zero-order valence-corrected chi connectivity index (χ0v) is 22.8. The second-order valence-electron chi connectivity index (χ2n) is 8.99. The van der Waals surface area contributed by atoms with Crippen LogP contribution in [0.15, 0.2) is 34.0 Å². The van der Waals surface area contributed by atoms with Gasteiger partial charge >= 0.3 is 5.97 Å². The molecule has 1 saturated carbocycles. The minimum atomic E-state index is -0.994. The molecule has 9 heteroatoms. The van der Waals surface area contributed by atoms with Crippen molar-refractivity contribution in [1.29, 1.82) is 0 Å². The summed E-state index contributed by atoms with van der Waals surface area (Å²) < 4.78 is 13.1. The van der Waals surface area contributed by atoms with Crippen molar-refractivity contribution in [3.05, 3.63) is 40.9 Å². The molecule has 2 aromatic rings. The Kier molecular flexibility index (Phi) is 11.6. The van der Waals surface area contributed by atoms with Gasteiger partial charge in [0.25, 0.3) is 0 Å². The van der Waals surface area contributed by atoms with Crippen molar-refractivity contribution in [2.45, 2.75) is 74.3 Å². The molecule has 0 spiro atoms. The molecule has 0 bridgehead atoms. The second-order valence-corrected chi connectivity index (χ2v) is 11.7. The quantitative estimate of drug-likeness (QED) is 0.148. The molecule has 0 aliphatic heterocycles. The highest BCUT2D eigenvalue weighted by Gasteiger charge is 2.43. The van der Waals surface area contributed by atoms with Gasteiger partial charge in [-0.15, -0.1) is 22.9 Å². The summed E-state index contributed by atoms with van der Waals surface area (Å²) in [6.07, 6.45) is 5.18. The van der Waals surface area contributed by atoms with Gasteiger partial charge in [0.2, 0.25) is 0 Å². The van der Waals surface area contributed by atoms with Crippen molar-refractivity contribution in [2.24, 2.45) is 11.8 Å². The first kappa shape index (κ1) is 28.3. The predicted molar refractivity (Wildman–Crippen MR) is 142 cm³/mol. The third kappa shape index (κ3) is 8.35. The molecule has 2 N–H and O–H groups in total. The number of carboxylic acids is 1. The summed E-state index contributed by atoms with van der Waals surface area (Å²) in [5.74, 6) is 1.12. The maximum absolute atomic E-state index is 11.1. The van der Waals surface area contributed by atoms with E-state index >= 15 is 0 Å². The number of aromatic carboxylic acids is 1. The number of carbonyl (C=O) groups is 1. The Morgan fingerprint density at radius 2 is 2.06 bits per heavy atom. The SMILES string of the molecule is CCCCOC1C[C@H](CCSc2nc(C(=O)O)cs2)[C@@H](COc2ccc(C(O)CCC)cc2)C1Cl. The topological polar surface area (TPSA) is 88.9 Å². The molecule has 1 aromatic heterocycles. The molecule has 0 radical (unpaired) electrons. The van der Waals surface area contributed by atoms with Gasteiger partial charge in [0.05, 0.1) is 24.2 Å². The second kappa shape index (κ2) is 14.4. The number of aromatic nitrogens is 1. The third-order valence-electron chi connectivity index (χ3n) is 6.42. The van der Waals surface area contributed by atoms with Gasteiger partial charge < -0.3 is 19.7 Å². The fourth-order valence-electron chi connectivity index (χ4n) is 4.38. The summed E-state index contributed by atoms with van der Waals surface area (Å²) >= 11 is 9.86. The summed E-state index contributed by atoms with van der Waals surface area (Å²) in [6, 6.07) is 7.67. The molecule has 5 atom stereocenters. The van der Waals surface area contributed by atoms with E-state index in [0.717, 1.165) is 66.5 Å².